The number of hydrogen-bond acceptors (Lipinski definition) is 3. The first-order valence-corrected chi connectivity index (χ1v) is 6.35. The first-order chi connectivity index (χ1) is 9.45. The first-order valence-electron chi connectivity index (χ1n) is 6.35. The number of fused-ring (bicyclic) bond motifs is 1. The van der Waals surface area contributed by atoms with Gasteiger partial charge in [-0.15, -0.1) is 0 Å². The molecule has 0 saturated carbocycles. The fraction of sp³-hybridized carbons (Fsp3) is 0.385. The van der Waals surface area contributed by atoms with Crippen LogP contribution in [0.25, 0.3) is 10.9 Å². The van der Waals surface area contributed by atoms with E-state index in [-0.39, 0.29) is 13.1 Å². The van der Waals surface area contributed by atoms with Crippen molar-refractivity contribution in [3.8, 4) is 0 Å². The van der Waals surface area contributed by atoms with E-state index in [2.05, 4.69) is 10.3 Å². The fourth-order valence-electron chi connectivity index (χ4n) is 2.48. The quantitative estimate of drug-likeness (QED) is 0.748. The van der Waals surface area contributed by atoms with Crippen molar-refractivity contribution < 1.29 is 13.2 Å². The number of para-hydroxylation sites is 1. The largest absolute Gasteiger partial charge is 0.405 e. The summed E-state index contributed by atoms with van der Waals surface area (Å²) in [4.78, 5) is 4.68. The van der Waals surface area contributed by atoms with Crippen molar-refractivity contribution in [2.75, 3.05) is 18.0 Å². The maximum atomic E-state index is 12.8. The smallest absolute Gasteiger partial charge is 0.341 e. The average molecular weight is 284 g/mol. The molecule has 2 aromatic rings. The number of H-pyrrole nitrogens is 1. The van der Waals surface area contributed by atoms with Crippen LogP contribution in [0, 0.1) is 0 Å². The van der Waals surface area contributed by atoms with Gasteiger partial charge in [-0.1, -0.05) is 18.2 Å². The molecule has 1 aliphatic rings. The number of alkyl halides is 3. The number of nitrogens with zero attached hydrogens (tertiary/aromatic N) is 1. The molecule has 3 rings (SSSR count). The lowest BCUT2D eigenvalue weighted by Crippen LogP contribution is -2.64. The maximum Gasteiger partial charge on any atom is 0.405 e. The van der Waals surface area contributed by atoms with Crippen molar-refractivity contribution in [1.29, 1.82) is 0 Å². The Morgan fingerprint density at radius 2 is 2.00 bits per heavy atom. The minimum Gasteiger partial charge on any atom is -0.341 e. The van der Waals surface area contributed by atoms with Crippen molar-refractivity contribution in [1.82, 2.24) is 10.3 Å². The summed E-state index contributed by atoms with van der Waals surface area (Å²) in [6.07, 6.45) is -4.76. The van der Waals surface area contributed by atoms with Gasteiger partial charge in [0.2, 0.25) is 0 Å². The van der Waals surface area contributed by atoms with Crippen molar-refractivity contribution in [3.63, 3.8) is 0 Å². The van der Waals surface area contributed by atoms with E-state index in [0.29, 0.717) is 5.82 Å². The summed E-state index contributed by atoms with van der Waals surface area (Å²) in [6.45, 7) is -0.100. The molecule has 20 heavy (non-hydrogen) atoms. The van der Waals surface area contributed by atoms with Gasteiger partial charge in [-0.25, -0.2) is 0 Å². The Morgan fingerprint density at radius 3 is 2.70 bits per heavy atom. The van der Waals surface area contributed by atoms with Gasteiger partial charge in [-0.2, -0.15) is 13.2 Å². The second-order valence-corrected chi connectivity index (χ2v) is 4.96. The van der Waals surface area contributed by atoms with Crippen molar-refractivity contribution in [3.05, 3.63) is 30.3 Å². The molecule has 2 unspecified atom stereocenters. The molecule has 1 aliphatic heterocycles. The highest BCUT2D eigenvalue weighted by molar-refractivity contribution is 5.84. The third-order valence-electron chi connectivity index (χ3n) is 3.57. The Bertz CT molecular complexity index is 574. The Hall–Kier alpha value is -1.73. The zero-order valence-corrected chi connectivity index (χ0v) is 10.6. The standard InChI is InChI=1S/C13H15F3N4/c14-13(15,16)10-7-20(11(17)6-18-10)12-5-8-3-1-2-4-9(8)19-12/h1-5,10-11,18-19H,6-7,17H2. The number of hydrogen-bond donors (Lipinski definition) is 3. The Kier molecular flexibility index (Phi) is 3.10. The van der Waals surface area contributed by atoms with Crippen LogP contribution in [0.1, 0.15) is 0 Å². The lowest BCUT2D eigenvalue weighted by Gasteiger charge is -2.39. The summed E-state index contributed by atoms with van der Waals surface area (Å²) in [5, 5.41) is 3.39. The topological polar surface area (TPSA) is 57.1 Å². The Labute approximate surface area is 113 Å². The first kappa shape index (κ1) is 13.3. The second-order valence-electron chi connectivity index (χ2n) is 4.96. The molecule has 2 heterocycles. The van der Waals surface area contributed by atoms with Gasteiger partial charge in [0.1, 0.15) is 11.9 Å². The Morgan fingerprint density at radius 1 is 1.25 bits per heavy atom. The lowest BCUT2D eigenvalue weighted by molar-refractivity contribution is -0.156. The van der Waals surface area contributed by atoms with Crippen LogP contribution in [0.4, 0.5) is 19.0 Å². The van der Waals surface area contributed by atoms with Gasteiger partial charge < -0.3 is 20.9 Å². The highest BCUT2D eigenvalue weighted by Crippen LogP contribution is 2.28. The van der Waals surface area contributed by atoms with E-state index in [0.717, 1.165) is 10.9 Å². The fourth-order valence-corrected chi connectivity index (χ4v) is 2.48. The van der Waals surface area contributed by atoms with E-state index in [9.17, 15) is 13.2 Å². The summed E-state index contributed by atoms with van der Waals surface area (Å²) >= 11 is 0. The molecule has 1 fully saturated rings. The minimum atomic E-state index is -4.27. The predicted molar refractivity (Wildman–Crippen MR) is 71.5 cm³/mol. The second kappa shape index (κ2) is 4.68. The number of aromatic nitrogens is 1. The minimum absolute atomic E-state index is 0.0968. The lowest BCUT2D eigenvalue weighted by atomic mass is 10.1. The molecule has 108 valence electrons. The summed E-state index contributed by atoms with van der Waals surface area (Å²) in [5.41, 5.74) is 6.80. The molecule has 0 bridgehead atoms. The maximum absolute atomic E-state index is 12.8. The normalized spacial score (nSPS) is 24.3. The average Bonchev–Trinajstić information content (AvgIpc) is 2.81. The van der Waals surface area contributed by atoms with Crippen LogP contribution in [0.2, 0.25) is 0 Å². The SMILES string of the molecule is NC1CNC(C(F)(F)F)CN1c1cc2ccccc2[nH]1. The number of benzene rings is 1. The molecule has 0 amide bonds. The molecule has 1 aromatic carbocycles. The zero-order chi connectivity index (χ0) is 14.3. The van der Waals surface area contributed by atoms with Crippen LogP contribution in [0.15, 0.2) is 30.3 Å². The molecule has 4 nitrogen and oxygen atoms in total. The van der Waals surface area contributed by atoms with Crippen LogP contribution in [-0.2, 0) is 0 Å². The molecule has 0 aliphatic carbocycles. The summed E-state index contributed by atoms with van der Waals surface area (Å²) in [6, 6.07) is 7.81. The highest BCUT2D eigenvalue weighted by atomic mass is 19.4. The van der Waals surface area contributed by atoms with E-state index < -0.39 is 18.4 Å². The van der Waals surface area contributed by atoms with E-state index in [1.165, 1.54) is 0 Å². The van der Waals surface area contributed by atoms with E-state index >= 15 is 0 Å². The number of piperazine rings is 1. The number of halogens is 3. The molecule has 0 spiro atoms. The van der Waals surface area contributed by atoms with Gasteiger partial charge >= 0.3 is 6.18 Å². The van der Waals surface area contributed by atoms with E-state index in [4.69, 9.17) is 5.73 Å². The number of nitrogens with two attached hydrogens (primary N) is 1. The third-order valence-corrected chi connectivity index (χ3v) is 3.57. The number of anilines is 1. The highest BCUT2D eigenvalue weighted by Gasteiger charge is 2.43. The van der Waals surface area contributed by atoms with Crippen molar-refractivity contribution in [2.45, 2.75) is 18.4 Å². The predicted octanol–water partition coefficient (Wildman–Crippen LogP) is 1.79. The van der Waals surface area contributed by atoms with Crippen LogP contribution < -0.4 is 16.0 Å². The van der Waals surface area contributed by atoms with Crippen LogP contribution >= 0.6 is 0 Å². The van der Waals surface area contributed by atoms with Crippen LogP contribution in [0.3, 0.4) is 0 Å². The van der Waals surface area contributed by atoms with Gasteiger partial charge in [0, 0.05) is 24.0 Å². The van der Waals surface area contributed by atoms with Crippen LogP contribution in [-0.4, -0.2) is 36.5 Å². The molecule has 0 radical (unpaired) electrons. The van der Waals surface area contributed by atoms with Crippen molar-refractivity contribution >= 4 is 16.7 Å². The zero-order valence-electron chi connectivity index (χ0n) is 10.6. The molecule has 1 aromatic heterocycles. The van der Waals surface area contributed by atoms with Gasteiger partial charge in [0.05, 0.1) is 6.17 Å². The molecular formula is C13H15F3N4. The molecule has 4 N–H and O–H groups in total. The number of aromatic amines is 1. The van der Waals surface area contributed by atoms with E-state index in [1.54, 1.807) is 4.90 Å². The molecule has 7 heteroatoms. The third kappa shape index (κ3) is 2.34. The van der Waals surface area contributed by atoms with Gasteiger partial charge in [0.15, 0.2) is 0 Å². The molecule has 1 saturated heterocycles. The monoisotopic (exact) mass is 284 g/mol. The summed E-state index contributed by atoms with van der Waals surface area (Å²) < 4.78 is 38.5. The van der Waals surface area contributed by atoms with E-state index in [1.807, 2.05) is 30.3 Å². The van der Waals surface area contributed by atoms with Crippen LogP contribution in [0.5, 0.6) is 0 Å². The van der Waals surface area contributed by atoms with Crippen molar-refractivity contribution in [2.24, 2.45) is 5.73 Å². The number of rotatable bonds is 1. The summed E-state index contributed by atoms with van der Waals surface area (Å²) in [7, 11) is 0. The van der Waals surface area contributed by atoms with Gasteiger partial charge in [0.25, 0.3) is 0 Å². The molecule has 2 atom stereocenters. The summed E-state index contributed by atoms with van der Waals surface area (Å²) in [5.74, 6) is 0.620. The number of nitrogens with one attached hydrogen (secondary N) is 2. The van der Waals surface area contributed by atoms with Gasteiger partial charge in [-0.3, -0.25) is 0 Å². The van der Waals surface area contributed by atoms with Gasteiger partial charge in [-0.05, 0) is 12.1 Å². The molecular weight excluding hydrogens is 269 g/mol. The Balaban J connectivity index is 1.90.